The predicted molar refractivity (Wildman–Crippen MR) is 53.1 cm³/mol. The first-order chi connectivity index (χ1) is 6.27. The Bertz CT molecular complexity index is 271. The van der Waals surface area contributed by atoms with Gasteiger partial charge in [0.2, 0.25) is 0 Å². The lowest BCUT2D eigenvalue weighted by molar-refractivity contribution is 0.166. The Morgan fingerprint density at radius 1 is 1.62 bits per heavy atom. The molecule has 0 unspecified atom stereocenters. The van der Waals surface area contributed by atoms with Gasteiger partial charge < -0.3 is 5.11 Å². The lowest BCUT2D eigenvalue weighted by atomic mass is 9.71. The first-order valence-corrected chi connectivity index (χ1v) is 5.09. The van der Waals surface area contributed by atoms with Gasteiger partial charge in [0.25, 0.3) is 0 Å². The van der Waals surface area contributed by atoms with E-state index < -0.39 is 0 Å². The minimum atomic E-state index is -0.209. The Labute approximate surface area is 79.8 Å². The number of aliphatic hydroxyl groups is 1. The standard InChI is InChI=1S/C12H16O/c1-2-6-12-7-3-4-10(12)9-11(13)5-8-12/h1,9,11,13H,3-8H2/t11-,12-/m0/s1. The zero-order valence-electron chi connectivity index (χ0n) is 7.92. The molecule has 0 amide bonds. The summed E-state index contributed by atoms with van der Waals surface area (Å²) in [6.45, 7) is 0. The molecular weight excluding hydrogens is 160 g/mol. The van der Waals surface area contributed by atoms with Crippen LogP contribution in [0.5, 0.6) is 0 Å². The first-order valence-electron chi connectivity index (χ1n) is 5.09. The highest BCUT2D eigenvalue weighted by Crippen LogP contribution is 2.51. The summed E-state index contributed by atoms with van der Waals surface area (Å²) in [5.41, 5.74) is 1.72. The van der Waals surface area contributed by atoms with Gasteiger partial charge in [0.05, 0.1) is 6.10 Å². The highest BCUT2D eigenvalue weighted by atomic mass is 16.3. The van der Waals surface area contributed by atoms with E-state index in [-0.39, 0.29) is 11.5 Å². The Morgan fingerprint density at radius 3 is 3.23 bits per heavy atom. The van der Waals surface area contributed by atoms with Crippen molar-refractivity contribution in [3.8, 4) is 12.3 Å². The van der Waals surface area contributed by atoms with E-state index in [0.717, 1.165) is 25.7 Å². The molecule has 1 heteroatoms. The minimum absolute atomic E-state index is 0.209. The van der Waals surface area contributed by atoms with E-state index in [1.165, 1.54) is 18.4 Å². The summed E-state index contributed by atoms with van der Waals surface area (Å²) in [5, 5.41) is 9.51. The second-order valence-electron chi connectivity index (χ2n) is 4.31. The Morgan fingerprint density at radius 2 is 2.46 bits per heavy atom. The highest BCUT2D eigenvalue weighted by molar-refractivity contribution is 5.25. The van der Waals surface area contributed by atoms with Crippen molar-refractivity contribution in [2.24, 2.45) is 5.41 Å². The Kier molecular flexibility index (Phi) is 2.17. The van der Waals surface area contributed by atoms with Crippen molar-refractivity contribution in [2.45, 2.75) is 44.6 Å². The van der Waals surface area contributed by atoms with Crippen LogP contribution >= 0.6 is 0 Å². The van der Waals surface area contributed by atoms with Crippen LogP contribution in [0.4, 0.5) is 0 Å². The maximum Gasteiger partial charge on any atom is 0.0724 e. The van der Waals surface area contributed by atoms with Crippen LogP contribution in [-0.4, -0.2) is 11.2 Å². The van der Waals surface area contributed by atoms with Crippen LogP contribution in [-0.2, 0) is 0 Å². The monoisotopic (exact) mass is 176 g/mol. The van der Waals surface area contributed by atoms with Gasteiger partial charge in [0.1, 0.15) is 0 Å². The SMILES string of the molecule is C#CC[C@@]12CCCC1=C[C@@H](O)CC2. The molecule has 1 fully saturated rings. The zero-order valence-corrected chi connectivity index (χ0v) is 7.92. The fourth-order valence-corrected chi connectivity index (χ4v) is 2.81. The second kappa shape index (κ2) is 3.20. The smallest absolute Gasteiger partial charge is 0.0724 e. The number of fused-ring (bicyclic) bond motifs is 1. The third-order valence-corrected chi connectivity index (χ3v) is 3.54. The summed E-state index contributed by atoms with van der Waals surface area (Å²) in [5.74, 6) is 2.79. The molecule has 0 spiro atoms. The molecule has 0 aliphatic heterocycles. The summed E-state index contributed by atoms with van der Waals surface area (Å²) >= 11 is 0. The predicted octanol–water partition coefficient (Wildman–Crippen LogP) is 2.26. The third-order valence-electron chi connectivity index (χ3n) is 3.54. The molecule has 0 radical (unpaired) electrons. The normalized spacial score (nSPS) is 37.8. The van der Waals surface area contributed by atoms with Crippen molar-refractivity contribution >= 4 is 0 Å². The van der Waals surface area contributed by atoms with Crippen molar-refractivity contribution in [1.82, 2.24) is 0 Å². The third kappa shape index (κ3) is 1.40. The number of hydrogen-bond donors (Lipinski definition) is 1. The molecule has 0 bridgehead atoms. The average Bonchev–Trinajstić information content (AvgIpc) is 2.49. The molecule has 2 aliphatic rings. The van der Waals surface area contributed by atoms with Crippen molar-refractivity contribution in [3.05, 3.63) is 11.6 Å². The van der Waals surface area contributed by atoms with Crippen LogP contribution in [0.25, 0.3) is 0 Å². The molecule has 1 N–H and O–H groups in total. The molecule has 1 saturated carbocycles. The first kappa shape index (κ1) is 8.84. The van der Waals surface area contributed by atoms with Crippen LogP contribution in [0.3, 0.4) is 0 Å². The summed E-state index contributed by atoms with van der Waals surface area (Å²) in [6.07, 6.45) is 13.7. The van der Waals surface area contributed by atoms with Crippen LogP contribution < -0.4 is 0 Å². The summed E-state index contributed by atoms with van der Waals surface area (Å²) in [6, 6.07) is 0. The topological polar surface area (TPSA) is 20.2 Å². The van der Waals surface area contributed by atoms with Gasteiger partial charge in [-0.3, -0.25) is 0 Å². The molecule has 0 heterocycles. The van der Waals surface area contributed by atoms with Crippen molar-refractivity contribution < 1.29 is 5.11 Å². The molecule has 2 aliphatic carbocycles. The van der Waals surface area contributed by atoms with Crippen molar-refractivity contribution in [2.75, 3.05) is 0 Å². The van der Waals surface area contributed by atoms with Crippen molar-refractivity contribution in [1.29, 1.82) is 0 Å². The maximum atomic E-state index is 9.51. The quantitative estimate of drug-likeness (QED) is 0.480. The second-order valence-corrected chi connectivity index (χ2v) is 4.31. The number of rotatable bonds is 1. The molecule has 0 saturated heterocycles. The van der Waals surface area contributed by atoms with Gasteiger partial charge in [0.15, 0.2) is 0 Å². The van der Waals surface area contributed by atoms with Gasteiger partial charge in [0, 0.05) is 11.8 Å². The van der Waals surface area contributed by atoms with Gasteiger partial charge in [-0.2, -0.15) is 0 Å². The van der Waals surface area contributed by atoms with Gasteiger partial charge in [-0.25, -0.2) is 0 Å². The molecule has 13 heavy (non-hydrogen) atoms. The van der Waals surface area contributed by atoms with Gasteiger partial charge in [-0.15, -0.1) is 12.3 Å². The summed E-state index contributed by atoms with van der Waals surface area (Å²) in [4.78, 5) is 0. The van der Waals surface area contributed by atoms with E-state index in [1.54, 1.807) is 0 Å². The van der Waals surface area contributed by atoms with E-state index >= 15 is 0 Å². The maximum absolute atomic E-state index is 9.51. The van der Waals surface area contributed by atoms with Crippen LogP contribution in [0.2, 0.25) is 0 Å². The number of hydrogen-bond acceptors (Lipinski definition) is 1. The lowest BCUT2D eigenvalue weighted by Crippen LogP contribution is -2.25. The largest absolute Gasteiger partial charge is 0.389 e. The molecule has 0 aromatic carbocycles. The highest BCUT2D eigenvalue weighted by Gasteiger charge is 2.40. The van der Waals surface area contributed by atoms with E-state index in [4.69, 9.17) is 6.42 Å². The molecule has 2 atom stereocenters. The molecule has 0 aromatic heterocycles. The molecule has 70 valence electrons. The molecule has 1 nitrogen and oxygen atoms in total. The number of aliphatic hydroxyl groups excluding tert-OH is 1. The van der Waals surface area contributed by atoms with Gasteiger partial charge in [-0.1, -0.05) is 11.6 Å². The molecular formula is C12H16O. The van der Waals surface area contributed by atoms with Crippen LogP contribution in [0.15, 0.2) is 11.6 Å². The number of allylic oxidation sites excluding steroid dienone is 1. The Balaban J connectivity index is 2.27. The molecule has 0 aromatic rings. The lowest BCUT2D eigenvalue weighted by Gasteiger charge is -2.34. The zero-order chi connectivity index (χ0) is 9.31. The fraction of sp³-hybridized carbons (Fsp3) is 0.667. The minimum Gasteiger partial charge on any atom is -0.389 e. The summed E-state index contributed by atoms with van der Waals surface area (Å²) in [7, 11) is 0. The Hall–Kier alpha value is -0.740. The van der Waals surface area contributed by atoms with E-state index in [1.807, 2.05) is 6.08 Å². The van der Waals surface area contributed by atoms with E-state index in [9.17, 15) is 5.11 Å². The van der Waals surface area contributed by atoms with Crippen LogP contribution in [0.1, 0.15) is 38.5 Å². The average molecular weight is 176 g/mol. The number of terminal acetylenes is 1. The van der Waals surface area contributed by atoms with Gasteiger partial charge in [-0.05, 0) is 32.1 Å². The summed E-state index contributed by atoms with van der Waals surface area (Å²) < 4.78 is 0. The molecule has 2 rings (SSSR count). The van der Waals surface area contributed by atoms with Crippen LogP contribution in [0, 0.1) is 17.8 Å². The van der Waals surface area contributed by atoms with Crippen molar-refractivity contribution in [3.63, 3.8) is 0 Å². The fourth-order valence-electron chi connectivity index (χ4n) is 2.81. The van der Waals surface area contributed by atoms with E-state index in [0.29, 0.717) is 0 Å². The van der Waals surface area contributed by atoms with Gasteiger partial charge >= 0.3 is 0 Å². The van der Waals surface area contributed by atoms with E-state index in [2.05, 4.69) is 5.92 Å².